The Hall–Kier alpha value is -1.54. The van der Waals surface area contributed by atoms with Gasteiger partial charge in [-0.05, 0) is 19.4 Å². The van der Waals surface area contributed by atoms with E-state index in [0.29, 0.717) is 11.5 Å². The van der Waals surface area contributed by atoms with Crippen LogP contribution in [0.4, 0.5) is 0 Å². The number of nitrogens with zero attached hydrogens (tertiary/aromatic N) is 5. The summed E-state index contributed by atoms with van der Waals surface area (Å²) in [5, 5.41) is 18.0. The Morgan fingerprint density at radius 2 is 1.68 bits per heavy atom. The van der Waals surface area contributed by atoms with E-state index in [9.17, 15) is 9.59 Å². The minimum absolute atomic E-state index is 0.247. The van der Waals surface area contributed by atoms with E-state index < -0.39 is 12.0 Å². The van der Waals surface area contributed by atoms with Gasteiger partial charge >= 0.3 is 5.97 Å². The van der Waals surface area contributed by atoms with Crippen molar-refractivity contribution in [2.45, 2.75) is 28.6 Å². The molecule has 2 aromatic rings. The van der Waals surface area contributed by atoms with Gasteiger partial charge in [0.05, 0.1) is 13.7 Å². The smallest absolute Gasteiger partial charge is 0.354 e. The number of aromatic nitrogens is 4. The average Bonchev–Trinajstić information content (AvgIpc) is 3.29. The van der Waals surface area contributed by atoms with E-state index in [-0.39, 0.29) is 18.1 Å². The largest absolute Gasteiger partial charge is 0.464 e. The molecule has 2 N–H and O–H groups in total. The third-order valence-electron chi connectivity index (χ3n) is 3.70. The summed E-state index contributed by atoms with van der Waals surface area (Å²) in [6.45, 7) is 4.05. The summed E-state index contributed by atoms with van der Waals surface area (Å²) in [6.07, 6.45) is 0. The van der Waals surface area contributed by atoms with Crippen molar-refractivity contribution in [3.63, 3.8) is 0 Å². The van der Waals surface area contributed by atoms with Crippen molar-refractivity contribution in [2.24, 2.45) is 5.73 Å². The monoisotopic (exact) mass is 458 g/mol. The molecule has 0 aromatic carbocycles. The number of hydrogen-bond donors (Lipinski definition) is 1. The predicted molar refractivity (Wildman–Crippen MR) is 109 cm³/mol. The fraction of sp³-hybridized carbons (Fsp3) is 0.467. The van der Waals surface area contributed by atoms with Crippen LogP contribution in [0.25, 0.3) is 0 Å². The number of β-lactam (4-membered cyclic amide) rings is 1. The van der Waals surface area contributed by atoms with Crippen LogP contribution in [0.15, 0.2) is 19.9 Å². The summed E-state index contributed by atoms with van der Waals surface area (Å²) in [5.41, 5.74) is 6.72. The minimum atomic E-state index is -0.585. The number of thioether (sulfide) groups is 2. The van der Waals surface area contributed by atoms with Crippen LogP contribution in [0.2, 0.25) is 0 Å². The summed E-state index contributed by atoms with van der Waals surface area (Å²) in [5.74, 6) is 0.0795. The van der Waals surface area contributed by atoms with Crippen LogP contribution in [0.1, 0.15) is 10.0 Å². The van der Waals surface area contributed by atoms with E-state index >= 15 is 0 Å². The van der Waals surface area contributed by atoms with Crippen LogP contribution in [0.5, 0.6) is 0 Å². The van der Waals surface area contributed by atoms with Gasteiger partial charge in [0.1, 0.15) is 21.8 Å². The molecule has 2 aromatic heterocycles. The molecule has 1 aliphatic rings. The number of carbonyl (C=O) groups excluding carboxylic acids is 2. The Kier molecular flexibility index (Phi) is 7.04. The van der Waals surface area contributed by atoms with Gasteiger partial charge in [-0.1, -0.05) is 46.2 Å². The summed E-state index contributed by atoms with van der Waals surface area (Å²) in [4.78, 5) is 26.1. The maximum Gasteiger partial charge on any atom is 0.354 e. The number of nitrogens with two attached hydrogens (primary N) is 1. The Morgan fingerprint density at radius 3 is 2.04 bits per heavy atom. The fourth-order valence-corrected chi connectivity index (χ4v) is 6.13. The Labute approximate surface area is 178 Å². The van der Waals surface area contributed by atoms with Gasteiger partial charge in [0.2, 0.25) is 5.91 Å². The maximum atomic E-state index is 12.5. The first-order valence-corrected chi connectivity index (χ1v) is 11.7. The van der Waals surface area contributed by atoms with E-state index in [4.69, 9.17) is 10.5 Å². The lowest BCUT2D eigenvalue weighted by molar-refractivity contribution is -0.147. The lowest BCUT2D eigenvalue weighted by atomic mass is 10.1. The number of ether oxygens (including phenoxy) is 1. The third kappa shape index (κ3) is 4.89. The number of hydrogen-bond acceptors (Lipinski definition) is 12. The first kappa shape index (κ1) is 21.2. The summed E-state index contributed by atoms with van der Waals surface area (Å²) in [7, 11) is 1.30. The molecule has 9 nitrogen and oxygen atoms in total. The zero-order valence-electron chi connectivity index (χ0n) is 15.4. The van der Waals surface area contributed by atoms with Crippen molar-refractivity contribution in [1.82, 2.24) is 25.3 Å². The van der Waals surface area contributed by atoms with E-state index in [1.807, 2.05) is 13.8 Å². The number of rotatable bonds is 8. The SMILES string of the molecule is COC(=O)C(=C(CSc1nnc(C)s1)CSc1nnc(C)s1)N1CC(N)C1=O. The zero-order chi connectivity index (χ0) is 20.3. The van der Waals surface area contributed by atoms with Crippen molar-refractivity contribution in [2.75, 3.05) is 25.2 Å². The first-order valence-electron chi connectivity index (χ1n) is 8.12. The zero-order valence-corrected chi connectivity index (χ0v) is 18.6. The van der Waals surface area contributed by atoms with Crippen LogP contribution in [-0.4, -0.2) is 68.4 Å². The number of amides is 1. The maximum absolute atomic E-state index is 12.5. The average molecular weight is 459 g/mol. The highest BCUT2D eigenvalue weighted by Gasteiger charge is 2.40. The Morgan fingerprint density at radius 1 is 1.14 bits per heavy atom. The van der Waals surface area contributed by atoms with Crippen LogP contribution >= 0.6 is 46.2 Å². The van der Waals surface area contributed by atoms with E-state index in [0.717, 1.165) is 24.3 Å². The highest BCUT2D eigenvalue weighted by Crippen LogP contribution is 2.32. The topological polar surface area (TPSA) is 124 Å². The van der Waals surface area contributed by atoms with Gasteiger partial charge in [-0.3, -0.25) is 4.79 Å². The summed E-state index contributed by atoms with van der Waals surface area (Å²) < 4.78 is 6.53. The summed E-state index contributed by atoms with van der Waals surface area (Å²) >= 11 is 5.88. The number of carbonyl (C=O) groups is 2. The second-order valence-corrected chi connectivity index (χ2v) is 10.6. The molecule has 28 heavy (non-hydrogen) atoms. The molecule has 1 aliphatic heterocycles. The molecule has 3 rings (SSSR count). The first-order chi connectivity index (χ1) is 13.4. The van der Waals surface area contributed by atoms with Gasteiger partial charge in [-0.2, -0.15) is 0 Å². The van der Waals surface area contributed by atoms with Crippen molar-refractivity contribution in [3.8, 4) is 0 Å². The second-order valence-electron chi connectivity index (χ2n) is 5.75. The Bertz CT molecular complexity index is 865. The molecule has 150 valence electrons. The molecule has 1 fully saturated rings. The molecule has 1 saturated heterocycles. The third-order valence-corrected chi connectivity index (χ3v) is 7.82. The van der Waals surface area contributed by atoms with E-state index in [1.54, 1.807) is 0 Å². The van der Waals surface area contributed by atoms with Gasteiger partial charge in [-0.25, -0.2) is 4.79 Å². The van der Waals surface area contributed by atoms with Crippen molar-refractivity contribution in [3.05, 3.63) is 21.3 Å². The van der Waals surface area contributed by atoms with Crippen molar-refractivity contribution in [1.29, 1.82) is 0 Å². The van der Waals surface area contributed by atoms with Gasteiger partial charge in [0.25, 0.3) is 0 Å². The van der Waals surface area contributed by atoms with Crippen LogP contribution in [0.3, 0.4) is 0 Å². The normalized spacial score (nSPS) is 16.1. The number of likely N-dealkylation sites (tertiary alicyclic amines) is 1. The molecule has 0 radical (unpaired) electrons. The molecule has 1 amide bonds. The molecule has 3 heterocycles. The van der Waals surface area contributed by atoms with Gasteiger partial charge in [0.15, 0.2) is 8.68 Å². The van der Waals surface area contributed by atoms with Crippen LogP contribution in [0, 0.1) is 13.8 Å². The molecule has 0 bridgehead atoms. The van der Waals surface area contributed by atoms with Gasteiger partial charge < -0.3 is 15.4 Å². The van der Waals surface area contributed by atoms with E-state index in [2.05, 4.69) is 20.4 Å². The van der Waals surface area contributed by atoms with Crippen LogP contribution < -0.4 is 5.73 Å². The van der Waals surface area contributed by atoms with Crippen LogP contribution in [-0.2, 0) is 14.3 Å². The quantitative estimate of drug-likeness (QED) is 0.269. The molecule has 0 aliphatic carbocycles. The molecule has 0 saturated carbocycles. The van der Waals surface area contributed by atoms with Gasteiger partial charge in [0, 0.05) is 11.5 Å². The van der Waals surface area contributed by atoms with Crippen molar-refractivity contribution < 1.29 is 14.3 Å². The lowest BCUT2D eigenvalue weighted by Crippen LogP contribution is -2.61. The Balaban J connectivity index is 1.86. The summed E-state index contributed by atoms with van der Waals surface area (Å²) in [6, 6.07) is -0.585. The number of esters is 1. The van der Waals surface area contributed by atoms with E-state index in [1.165, 1.54) is 58.2 Å². The highest BCUT2D eigenvalue weighted by atomic mass is 32.2. The molecule has 0 spiro atoms. The van der Waals surface area contributed by atoms with Crippen molar-refractivity contribution >= 4 is 58.1 Å². The molecular formula is C15H18N6O3S4. The second kappa shape index (κ2) is 9.31. The number of methoxy groups -OCH3 is 1. The molecule has 1 unspecified atom stereocenters. The predicted octanol–water partition coefficient (Wildman–Crippen LogP) is 1.49. The highest BCUT2D eigenvalue weighted by molar-refractivity contribution is 8.02. The molecular weight excluding hydrogens is 440 g/mol. The standard InChI is InChI=1S/C15H18N6O3S4/c1-7-17-19-14(27-7)25-5-9(6-26-15-20-18-8(2)28-15)11(13(23)24-3)21-4-10(16)12(21)22/h10H,4-6,16H2,1-3H3. The number of aryl methyl sites for hydroxylation is 2. The lowest BCUT2D eigenvalue weighted by Gasteiger charge is -2.37. The minimum Gasteiger partial charge on any atom is -0.464 e. The molecule has 1 atom stereocenters. The van der Waals surface area contributed by atoms with Gasteiger partial charge in [-0.15, -0.1) is 20.4 Å². The molecule has 13 heteroatoms. The fourth-order valence-electron chi connectivity index (χ4n) is 2.35.